The van der Waals surface area contributed by atoms with Crippen LogP contribution in [0, 0.1) is 11.3 Å². The van der Waals surface area contributed by atoms with Gasteiger partial charge in [-0.1, -0.05) is 20.8 Å². The average Bonchev–Trinajstić information content (AvgIpc) is 1.97. The summed E-state index contributed by atoms with van der Waals surface area (Å²) in [4.78, 5) is 12.8. The lowest BCUT2D eigenvalue weighted by Crippen LogP contribution is -2.55. The van der Waals surface area contributed by atoms with E-state index < -0.39 is 0 Å². The fraction of sp³-hybridized carbons (Fsp3) is 0.909. The fourth-order valence-electron chi connectivity index (χ4n) is 2.13. The number of carbonyl (C=O) groups excluding carboxylic acids is 1. The van der Waals surface area contributed by atoms with Crippen molar-refractivity contribution in [3.63, 3.8) is 0 Å². The molecule has 0 radical (unpaired) electrons. The Bertz CT molecular complexity index is 208. The maximum atomic E-state index is 10.9. The van der Waals surface area contributed by atoms with E-state index >= 15 is 0 Å². The molecule has 76 valence electrons. The molecule has 0 N–H and O–H groups in total. The molecule has 1 fully saturated rings. The van der Waals surface area contributed by atoms with Gasteiger partial charge in [0.2, 0.25) is 6.41 Å². The standard InChI is InChI=1S/C11H21NO/c1-9-6-11(4,5)12(8-13)7-10(9,2)3/h8-9H,6-7H2,1-5H3. The molecule has 1 rings (SSSR count). The molecule has 0 aromatic heterocycles. The molecule has 1 aliphatic heterocycles. The van der Waals surface area contributed by atoms with Crippen LogP contribution in [-0.2, 0) is 4.79 Å². The van der Waals surface area contributed by atoms with Crippen molar-refractivity contribution in [2.75, 3.05) is 6.54 Å². The Kier molecular flexibility index (Phi) is 2.44. The highest BCUT2D eigenvalue weighted by atomic mass is 16.1. The van der Waals surface area contributed by atoms with Crippen molar-refractivity contribution in [2.24, 2.45) is 11.3 Å². The van der Waals surface area contributed by atoms with E-state index in [4.69, 9.17) is 0 Å². The van der Waals surface area contributed by atoms with Gasteiger partial charge in [0.15, 0.2) is 0 Å². The number of likely N-dealkylation sites (tertiary alicyclic amines) is 1. The van der Waals surface area contributed by atoms with Gasteiger partial charge in [-0.2, -0.15) is 0 Å². The van der Waals surface area contributed by atoms with Crippen LogP contribution in [0.1, 0.15) is 41.0 Å². The van der Waals surface area contributed by atoms with Crippen LogP contribution in [0.3, 0.4) is 0 Å². The third kappa shape index (κ3) is 1.87. The van der Waals surface area contributed by atoms with Crippen molar-refractivity contribution in [1.82, 2.24) is 4.90 Å². The van der Waals surface area contributed by atoms with E-state index in [0.717, 1.165) is 19.4 Å². The van der Waals surface area contributed by atoms with Gasteiger partial charge in [0.25, 0.3) is 0 Å². The minimum absolute atomic E-state index is 0.0384. The van der Waals surface area contributed by atoms with E-state index in [1.807, 2.05) is 4.90 Å². The molecule has 1 unspecified atom stereocenters. The molecule has 1 saturated heterocycles. The van der Waals surface area contributed by atoms with Crippen LogP contribution in [0.25, 0.3) is 0 Å². The number of nitrogens with zero attached hydrogens (tertiary/aromatic N) is 1. The first kappa shape index (κ1) is 10.6. The highest BCUT2D eigenvalue weighted by molar-refractivity contribution is 5.49. The fourth-order valence-corrected chi connectivity index (χ4v) is 2.13. The van der Waals surface area contributed by atoms with Gasteiger partial charge in [0.05, 0.1) is 0 Å². The van der Waals surface area contributed by atoms with Crippen LogP contribution in [0.4, 0.5) is 0 Å². The Morgan fingerprint density at radius 1 is 1.31 bits per heavy atom. The van der Waals surface area contributed by atoms with Crippen LogP contribution in [0.15, 0.2) is 0 Å². The van der Waals surface area contributed by atoms with Gasteiger partial charge < -0.3 is 4.90 Å². The first-order valence-corrected chi connectivity index (χ1v) is 5.02. The molecule has 0 bridgehead atoms. The highest BCUT2D eigenvalue weighted by Gasteiger charge is 2.41. The molecule has 1 atom stereocenters. The molecule has 1 aliphatic rings. The van der Waals surface area contributed by atoms with Crippen LogP contribution in [0.5, 0.6) is 0 Å². The van der Waals surface area contributed by atoms with Gasteiger partial charge in [-0.3, -0.25) is 4.79 Å². The highest BCUT2D eigenvalue weighted by Crippen LogP contribution is 2.41. The molecular weight excluding hydrogens is 162 g/mol. The quantitative estimate of drug-likeness (QED) is 0.571. The average molecular weight is 183 g/mol. The van der Waals surface area contributed by atoms with Gasteiger partial charge >= 0.3 is 0 Å². The van der Waals surface area contributed by atoms with Crippen LogP contribution in [-0.4, -0.2) is 23.4 Å². The first-order chi connectivity index (χ1) is 5.79. The summed E-state index contributed by atoms with van der Waals surface area (Å²) in [5, 5.41) is 0. The Morgan fingerprint density at radius 2 is 1.85 bits per heavy atom. The lowest BCUT2D eigenvalue weighted by atomic mass is 9.69. The van der Waals surface area contributed by atoms with E-state index in [2.05, 4.69) is 34.6 Å². The molecule has 1 amide bonds. The number of carbonyl (C=O) groups is 1. The minimum Gasteiger partial charge on any atom is -0.340 e. The monoisotopic (exact) mass is 183 g/mol. The molecule has 0 saturated carbocycles. The summed E-state index contributed by atoms with van der Waals surface area (Å²) in [6.07, 6.45) is 2.09. The molecule has 13 heavy (non-hydrogen) atoms. The maximum Gasteiger partial charge on any atom is 0.210 e. The summed E-state index contributed by atoms with van der Waals surface area (Å²) in [5.74, 6) is 0.679. The Labute approximate surface area is 81.3 Å². The van der Waals surface area contributed by atoms with E-state index in [-0.39, 0.29) is 11.0 Å². The number of rotatable bonds is 1. The molecule has 0 aromatic carbocycles. The van der Waals surface area contributed by atoms with Gasteiger partial charge in [-0.05, 0) is 31.6 Å². The van der Waals surface area contributed by atoms with E-state index in [9.17, 15) is 4.79 Å². The predicted molar refractivity (Wildman–Crippen MR) is 54.4 cm³/mol. The van der Waals surface area contributed by atoms with Crippen molar-refractivity contribution in [3.8, 4) is 0 Å². The molecule has 2 heteroatoms. The summed E-state index contributed by atoms with van der Waals surface area (Å²) < 4.78 is 0. The summed E-state index contributed by atoms with van der Waals surface area (Å²) in [6.45, 7) is 11.9. The van der Waals surface area contributed by atoms with Crippen molar-refractivity contribution >= 4 is 6.41 Å². The normalized spacial score (nSPS) is 31.5. The topological polar surface area (TPSA) is 20.3 Å². The molecule has 0 aromatic rings. The number of piperidine rings is 1. The summed E-state index contributed by atoms with van der Waals surface area (Å²) in [6, 6.07) is 0. The van der Waals surface area contributed by atoms with Gasteiger partial charge in [0, 0.05) is 12.1 Å². The Balaban J connectivity index is 2.85. The van der Waals surface area contributed by atoms with Crippen LogP contribution in [0.2, 0.25) is 0 Å². The predicted octanol–water partition coefficient (Wildman–Crippen LogP) is 2.29. The lowest BCUT2D eigenvalue weighted by Gasteiger charge is -2.50. The Hall–Kier alpha value is -0.530. The minimum atomic E-state index is 0.0384. The smallest absolute Gasteiger partial charge is 0.210 e. The lowest BCUT2D eigenvalue weighted by molar-refractivity contribution is -0.131. The largest absolute Gasteiger partial charge is 0.340 e. The van der Waals surface area contributed by atoms with Gasteiger partial charge in [-0.25, -0.2) is 0 Å². The number of hydrogen-bond acceptors (Lipinski definition) is 1. The Morgan fingerprint density at radius 3 is 2.31 bits per heavy atom. The van der Waals surface area contributed by atoms with Crippen LogP contribution >= 0.6 is 0 Å². The number of amides is 1. The first-order valence-electron chi connectivity index (χ1n) is 5.02. The van der Waals surface area contributed by atoms with Gasteiger partial charge in [0.1, 0.15) is 0 Å². The maximum absolute atomic E-state index is 10.9. The summed E-state index contributed by atoms with van der Waals surface area (Å²) in [5.41, 5.74) is 0.299. The summed E-state index contributed by atoms with van der Waals surface area (Å²) >= 11 is 0. The van der Waals surface area contributed by atoms with Crippen molar-refractivity contribution in [1.29, 1.82) is 0 Å². The van der Waals surface area contributed by atoms with E-state index in [1.54, 1.807) is 0 Å². The van der Waals surface area contributed by atoms with Crippen molar-refractivity contribution < 1.29 is 4.79 Å². The zero-order valence-electron chi connectivity index (χ0n) is 9.42. The third-order valence-electron chi connectivity index (χ3n) is 3.62. The number of hydrogen-bond donors (Lipinski definition) is 0. The molecule has 0 spiro atoms. The second-order valence-corrected chi connectivity index (χ2v) is 5.64. The van der Waals surface area contributed by atoms with Crippen LogP contribution < -0.4 is 0 Å². The SMILES string of the molecule is CC1CC(C)(C)N(C=O)CC1(C)C. The van der Waals surface area contributed by atoms with Gasteiger partial charge in [-0.15, -0.1) is 0 Å². The van der Waals surface area contributed by atoms with Crippen molar-refractivity contribution in [3.05, 3.63) is 0 Å². The van der Waals surface area contributed by atoms with E-state index in [0.29, 0.717) is 5.92 Å². The summed E-state index contributed by atoms with van der Waals surface area (Å²) in [7, 11) is 0. The zero-order chi connectivity index (χ0) is 10.3. The van der Waals surface area contributed by atoms with Crippen molar-refractivity contribution in [2.45, 2.75) is 46.6 Å². The van der Waals surface area contributed by atoms with E-state index in [1.165, 1.54) is 0 Å². The molecule has 1 heterocycles. The molecule has 2 nitrogen and oxygen atoms in total. The molecule has 0 aliphatic carbocycles. The second kappa shape index (κ2) is 3.00. The third-order valence-corrected chi connectivity index (χ3v) is 3.62. The second-order valence-electron chi connectivity index (χ2n) is 5.64. The molecular formula is C11H21NO. The zero-order valence-corrected chi connectivity index (χ0v) is 9.42.